The van der Waals surface area contributed by atoms with E-state index in [1.54, 1.807) is 16.4 Å². The lowest BCUT2D eigenvalue weighted by atomic mass is 10.1. The Morgan fingerprint density at radius 3 is 2.37 bits per heavy atom. The molecule has 27 heavy (non-hydrogen) atoms. The maximum atomic E-state index is 13.0. The first-order valence-corrected chi connectivity index (χ1v) is 10.5. The van der Waals surface area contributed by atoms with Crippen molar-refractivity contribution in [3.05, 3.63) is 54.2 Å². The number of aromatic nitrogens is 2. The van der Waals surface area contributed by atoms with E-state index >= 15 is 0 Å². The van der Waals surface area contributed by atoms with Crippen LogP contribution in [0.1, 0.15) is 18.7 Å². The summed E-state index contributed by atoms with van der Waals surface area (Å²) in [6.07, 6.45) is 0.713. The molecule has 0 amide bonds. The van der Waals surface area contributed by atoms with Gasteiger partial charge in [0.2, 0.25) is 21.8 Å². The Hall–Kier alpha value is -2.29. The molecule has 0 bridgehead atoms. The zero-order valence-electron chi connectivity index (χ0n) is 15.2. The fraction of sp³-hybridized carbons (Fsp3) is 0.368. The van der Waals surface area contributed by atoms with E-state index < -0.39 is 10.0 Å². The third kappa shape index (κ3) is 3.73. The third-order valence-corrected chi connectivity index (χ3v) is 6.75. The smallest absolute Gasteiger partial charge is 0.243 e. The average Bonchev–Trinajstić information content (AvgIpc) is 3.15. The van der Waals surface area contributed by atoms with Crippen LogP contribution in [0.3, 0.4) is 0 Å². The summed E-state index contributed by atoms with van der Waals surface area (Å²) in [5.74, 6) is 1.21. The Morgan fingerprint density at radius 1 is 0.963 bits per heavy atom. The standard InChI is InChI=1S/C19H22N4O3S/c1-2-18-20-21-19(26-18)14-22-9-11-23(12-10-22)27(24,25)17-8-7-15-5-3-4-6-16(15)13-17/h3-8,13H,2,9-12,14H2,1H3. The molecule has 2 heterocycles. The molecular weight excluding hydrogens is 364 g/mol. The van der Waals surface area contributed by atoms with Crippen molar-refractivity contribution in [3.8, 4) is 0 Å². The molecule has 8 heteroatoms. The fourth-order valence-corrected chi connectivity index (χ4v) is 4.75. The molecule has 0 spiro atoms. The van der Waals surface area contributed by atoms with Crippen LogP contribution in [0.5, 0.6) is 0 Å². The van der Waals surface area contributed by atoms with Crippen LogP contribution < -0.4 is 0 Å². The fourth-order valence-electron chi connectivity index (χ4n) is 3.29. The molecule has 1 aromatic heterocycles. The van der Waals surface area contributed by atoms with Gasteiger partial charge in [-0.2, -0.15) is 4.31 Å². The number of sulfonamides is 1. The van der Waals surface area contributed by atoms with E-state index in [9.17, 15) is 8.42 Å². The van der Waals surface area contributed by atoms with Gasteiger partial charge < -0.3 is 4.42 Å². The molecule has 7 nitrogen and oxygen atoms in total. The minimum absolute atomic E-state index is 0.346. The number of benzene rings is 2. The lowest BCUT2D eigenvalue weighted by molar-refractivity contribution is 0.167. The molecule has 142 valence electrons. The number of nitrogens with zero attached hydrogens (tertiary/aromatic N) is 4. The molecule has 0 radical (unpaired) electrons. The van der Waals surface area contributed by atoms with Crippen LogP contribution in [0, 0.1) is 0 Å². The number of aryl methyl sites for hydroxylation is 1. The summed E-state index contributed by atoms with van der Waals surface area (Å²) in [4.78, 5) is 2.48. The normalized spacial score (nSPS) is 16.8. The van der Waals surface area contributed by atoms with Gasteiger partial charge in [-0.3, -0.25) is 4.90 Å². The molecular formula is C19H22N4O3S. The van der Waals surface area contributed by atoms with Crippen molar-refractivity contribution in [2.45, 2.75) is 24.8 Å². The molecule has 3 aromatic rings. The topological polar surface area (TPSA) is 79.5 Å². The lowest BCUT2D eigenvalue weighted by Gasteiger charge is -2.33. The summed E-state index contributed by atoms with van der Waals surface area (Å²) < 4.78 is 33.1. The molecule has 2 aromatic carbocycles. The van der Waals surface area contributed by atoms with Gasteiger partial charge in [-0.15, -0.1) is 10.2 Å². The molecule has 0 atom stereocenters. The predicted molar refractivity (Wildman–Crippen MR) is 102 cm³/mol. The minimum atomic E-state index is -3.49. The lowest BCUT2D eigenvalue weighted by Crippen LogP contribution is -2.48. The second-order valence-corrected chi connectivity index (χ2v) is 8.57. The van der Waals surface area contributed by atoms with Crippen LogP contribution in [0.4, 0.5) is 0 Å². The van der Waals surface area contributed by atoms with Crippen molar-refractivity contribution in [2.75, 3.05) is 26.2 Å². The van der Waals surface area contributed by atoms with E-state index in [0.717, 1.165) is 10.8 Å². The SMILES string of the molecule is CCc1nnc(CN2CCN(S(=O)(=O)c3ccc4ccccc4c3)CC2)o1. The van der Waals surface area contributed by atoms with Crippen LogP contribution in [0.25, 0.3) is 10.8 Å². The zero-order valence-corrected chi connectivity index (χ0v) is 16.0. The van der Waals surface area contributed by atoms with Gasteiger partial charge in [0, 0.05) is 32.6 Å². The zero-order chi connectivity index (χ0) is 18.9. The molecule has 1 aliphatic rings. The summed E-state index contributed by atoms with van der Waals surface area (Å²) in [6, 6.07) is 13.1. The van der Waals surface area contributed by atoms with E-state index in [1.807, 2.05) is 37.3 Å². The van der Waals surface area contributed by atoms with E-state index in [-0.39, 0.29) is 0 Å². The van der Waals surface area contributed by atoms with Gasteiger partial charge in [0.25, 0.3) is 0 Å². The van der Waals surface area contributed by atoms with Gasteiger partial charge in [-0.1, -0.05) is 37.3 Å². The van der Waals surface area contributed by atoms with Crippen LogP contribution >= 0.6 is 0 Å². The summed E-state index contributed by atoms with van der Waals surface area (Å²) in [7, 11) is -3.49. The molecule has 1 fully saturated rings. The van der Waals surface area contributed by atoms with Gasteiger partial charge in [-0.25, -0.2) is 8.42 Å². The van der Waals surface area contributed by atoms with Crippen molar-refractivity contribution in [2.24, 2.45) is 0 Å². The summed E-state index contributed by atoms with van der Waals surface area (Å²) in [6.45, 7) is 4.69. The second kappa shape index (κ2) is 7.38. The molecule has 1 saturated heterocycles. The molecule has 1 aliphatic heterocycles. The van der Waals surface area contributed by atoms with E-state index in [2.05, 4.69) is 15.1 Å². The highest BCUT2D eigenvalue weighted by atomic mass is 32.2. The van der Waals surface area contributed by atoms with Gasteiger partial charge in [-0.05, 0) is 22.9 Å². The number of hydrogen-bond acceptors (Lipinski definition) is 6. The van der Waals surface area contributed by atoms with Crippen molar-refractivity contribution in [1.82, 2.24) is 19.4 Å². The van der Waals surface area contributed by atoms with E-state index in [1.165, 1.54) is 0 Å². The number of hydrogen-bond donors (Lipinski definition) is 0. The predicted octanol–water partition coefficient (Wildman–Crippen LogP) is 2.29. The highest BCUT2D eigenvalue weighted by Gasteiger charge is 2.29. The van der Waals surface area contributed by atoms with Crippen molar-refractivity contribution >= 4 is 20.8 Å². The van der Waals surface area contributed by atoms with Crippen LogP contribution in [0.2, 0.25) is 0 Å². The van der Waals surface area contributed by atoms with Crippen LogP contribution in [-0.4, -0.2) is 54.0 Å². The molecule has 0 N–H and O–H groups in total. The largest absolute Gasteiger partial charge is 0.424 e. The summed E-state index contributed by atoms with van der Waals surface area (Å²) >= 11 is 0. The number of piperazine rings is 1. The molecule has 0 saturated carbocycles. The molecule has 0 aliphatic carbocycles. The summed E-state index contributed by atoms with van der Waals surface area (Å²) in [5, 5.41) is 9.97. The second-order valence-electron chi connectivity index (χ2n) is 6.63. The highest BCUT2D eigenvalue weighted by Crippen LogP contribution is 2.23. The maximum absolute atomic E-state index is 13.0. The number of fused-ring (bicyclic) bond motifs is 1. The van der Waals surface area contributed by atoms with E-state index in [4.69, 9.17) is 4.42 Å². The molecule has 0 unspecified atom stereocenters. The van der Waals surface area contributed by atoms with Gasteiger partial charge >= 0.3 is 0 Å². The Labute approximate surface area is 158 Å². The third-order valence-electron chi connectivity index (χ3n) is 4.86. The molecule has 4 rings (SSSR count). The monoisotopic (exact) mass is 386 g/mol. The Kier molecular flexibility index (Phi) is 4.94. The van der Waals surface area contributed by atoms with E-state index in [0.29, 0.717) is 55.8 Å². The highest BCUT2D eigenvalue weighted by molar-refractivity contribution is 7.89. The Morgan fingerprint density at radius 2 is 1.67 bits per heavy atom. The first kappa shape index (κ1) is 18.1. The maximum Gasteiger partial charge on any atom is 0.243 e. The quantitative estimate of drug-likeness (QED) is 0.669. The number of rotatable bonds is 5. The van der Waals surface area contributed by atoms with Gasteiger partial charge in [0.05, 0.1) is 11.4 Å². The van der Waals surface area contributed by atoms with Gasteiger partial charge in [0.1, 0.15) is 0 Å². The Bertz CT molecular complexity index is 1040. The van der Waals surface area contributed by atoms with Crippen molar-refractivity contribution in [3.63, 3.8) is 0 Å². The average molecular weight is 386 g/mol. The first-order chi connectivity index (χ1) is 13.1. The summed E-state index contributed by atoms with van der Waals surface area (Å²) in [5.41, 5.74) is 0. The first-order valence-electron chi connectivity index (χ1n) is 9.09. The van der Waals surface area contributed by atoms with Crippen molar-refractivity contribution in [1.29, 1.82) is 0 Å². The van der Waals surface area contributed by atoms with Crippen molar-refractivity contribution < 1.29 is 12.8 Å². The van der Waals surface area contributed by atoms with Crippen LogP contribution in [0.15, 0.2) is 51.8 Å². The Balaban J connectivity index is 1.44. The van der Waals surface area contributed by atoms with Crippen LogP contribution in [-0.2, 0) is 23.0 Å². The minimum Gasteiger partial charge on any atom is -0.424 e. The van der Waals surface area contributed by atoms with Gasteiger partial charge in [0.15, 0.2) is 0 Å².